The monoisotopic (exact) mass is 385 g/mol. The Kier molecular flexibility index (Phi) is 4.10. The molecular formula is C19H17BrFN3. The number of halogens is 2. The molecule has 1 aliphatic rings. The zero-order chi connectivity index (χ0) is 16.5. The molecule has 122 valence electrons. The van der Waals surface area contributed by atoms with Crippen LogP contribution in [-0.2, 0) is 6.42 Å². The number of fused-ring (bicyclic) bond motifs is 1. The van der Waals surface area contributed by atoms with Gasteiger partial charge in [0.1, 0.15) is 11.6 Å². The van der Waals surface area contributed by atoms with E-state index in [0.717, 1.165) is 53.0 Å². The van der Waals surface area contributed by atoms with Gasteiger partial charge >= 0.3 is 0 Å². The van der Waals surface area contributed by atoms with Gasteiger partial charge < -0.3 is 5.32 Å². The molecule has 3 aromatic rings. The molecule has 1 N–H and O–H groups in total. The van der Waals surface area contributed by atoms with Gasteiger partial charge in [0.05, 0.1) is 11.4 Å². The number of anilines is 1. The first-order valence-corrected chi connectivity index (χ1v) is 8.89. The van der Waals surface area contributed by atoms with Crippen LogP contribution in [0.25, 0.3) is 16.9 Å². The Bertz CT molecular complexity index is 871. The number of nitrogens with zero attached hydrogens (tertiary/aromatic N) is 2. The van der Waals surface area contributed by atoms with E-state index in [9.17, 15) is 4.39 Å². The predicted octanol–water partition coefficient (Wildman–Crippen LogP) is 5.19. The molecule has 1 aromatic heterocycles. The third-order valence-electron chi connectivity index (χ3n) is 4.30. The van der Waals surface area contributed by atoms with Crippen LogP contribution in [0, 0.1) is 5.82 Å². The molecule has 2 aromatic carbocycles. The normalized spacial score (nSPS) is 13.9. The second kappa shape index (κ2) is 6.40. The van der Waals surface area contributed by atoms with Crippen molar-refractivity contribution in [3.05, 3.63) is 64.4 Å². The maximum Gasteiger partial charge on any atom is 0.133 e. The van der Waals surface area contributed by atoms with Crippen molar-refractivity contribution in [2.75, 3.05) is 11.9 Å². The standard InChI is InChI=1S/C19H17BrFN3/c20-14-7-9-16(10-8-14)24-19-17(6-1-2-11-22-19)18(23-24)13-4-3-5-15(21)12-13/h3-5,7-10,12,22H,1-2,6,11H2. The highest BCUT2D eigenvalue weighted by molar-refractivity contribution is 9.10. The van der Waals surface area contributed by atoms with Crippen molar-refractivity contribution in [1.29, 1.82) is 0 Å². The number of hydrogen-bond acceptors (Lipinski definition) is 2. The maximum absolute atomic E-state index is 13.7. The van der Waals surface area contributed by atoms with Crippen LogP contribution in [0.15, 0.2) is 53.0 Å². The molecule has 0 atom stereocenters. The van der Waals surface area contributed by atoms with Crippen molar-refractivity contribution in [2.45, 2.75) is 19.3 Å². The molecule has 4 rings (SSSR count). The van der Waals surface area contributed by atoms with E-state index in [1.54, 1.807) is 12.1 Å². The molecule has 0 aliphatic carbocycles. The Morgan fingerprint density at radius 2 is 1.92 bits per heavy atom. The van der Waals surface area contributed by atoms with Gasteiger partial charge in [0.15, 0.2) is 0 Å². The predicted molar refractivity (Wildman–Crippen MR) is 98.1 cm³/mol. The Balaban J connectivity index is 1.90. The summed E-state index contributed by atoms with van der Waals surface area (Å²) in [5, 5.41) is 8.32. The van der Waals surface area contributed by atoms with E-state index in [1.165, 1.54) is 11.6 Å². The van der Waals surface area contributed by atoms with Crippen LogP contribution in [0.2, 0.25) is 0 Å². The minimum atomic E-state index is -0.235. The number of benzene rings is 2. The third-order valence-corrected chi connectivity index (χ3v) is 4.83. The van der Waals surface area contributed by atoms with Crippen molar-refractivity contribution in [2.24, 2.45) is 0 Å². The minimum Gasteiger partial charge on any atom is -0.370 e. The van der Waals surface area contributed by atoms with E-state index in [-0.39, 0.29) is 5.82 Å². The van der Waals surface area contributed by atoms with Crippen molar-refractivity contribution >= 4 is 21.7 Å². The minimum absolute atomic E-state index is 0.235. The number of nitrogens with one attached hydrogen (secondary N) is 1. The molecule has 2 heterocycles. The zero-order valence-corrected chi connectivity index (χ0v) is 14.7. The van der Waals surface area contributed by atoms with Crippen LogP contribution in [-0.4, -0.2) is 16.3 Å². The average molecular weight is 386 g/mol. The summed E-state index contributed by atoms with van der Waals surface area (Å²) in [6.45, 7) is 0.928. The lowest BCUT2D eigenvalue weighted by molar-refractivity contribution is 0.628. The Morgan fingerprint density at radius 3 is 2.71 bits per heavy atom. The van der Waals surface area contributed by atoms with Crippen LogP contribution in [0.3, 0.4) is 0 Å². The van der Waals surface area contributed by atoms with Crippen LogP contribution in [0.4, 0.5) is 10.2 Å². The van der Waals surface area contributed by atoms with Gasteiger partial charge in [0, 0.05) is 22.1 Å². The largest absolute Gasteiger partial charge is 0.370 e. The van der Waals surface area contributed by atoms with Crippen molar-refractivity contribution < 1.29 is 4.39 Å². The highest BCUT2D eigenvalue weighted by atomic mass is 79.9. The fourth-order valence-electron chi connectivity index (χ4n) is 3.14. The molecule has 0 amide bonds. The van der Waals surface area contributed by atoms with E-state index >= 15 is 0 Å². The SMILES string of the molecule is Fc1cccc(-c2nn(-c3ccc(Br)cc3)c3c2CCCCN3)c1. The molecular weight excluding hydrogens is 369 g/mol. The number of aromatic nitrogens is 2. The molecule has 0 unspecified atom stereocenters. The second-order valence-electron chi connectivity index (χ2n) is 5.96. The summed E-state index contributed by atoms with van der Waals surface area (Å²) in [5.74, 6) is 0.787. The van der Waals surface area contributed by atoms with E-state index in [4.69, 9.17) is 5.10 Å². The van der Waals surface area contributed by atoms with Gasteiger partial charge in [0.25, 0.3) is 0 Å². The lowest BCUT2D eigenvalue weighted by atomic mass is 10.0. The van der Waals surface area contributed by atoms with E-state index in [2.05, 4.69) is 21.2 Å². The van der Waals surface area contributed by atoms with Gasteiger partial charge in [-0.3, -0.25) is 0 Å². The molecule has 0 bridgehead atoms. The Morgan fingerprint density at radius 1 is 1.08 bits per heavy atom. The van der Waals surface area contributed by atoms with Gasteiger partial charge in [-0.15, -0.1) is 0 Å². The first-order chi connectivity index (χ1) is 11.7. The first-order valence-electron chi connectivity index (χ1n) is 8.10. The highest BCUT2D eigenvalue weighted by Gasteiger charge is 2.21. The molecule has 0 spiro atoms. The molecule has 1 aliphatic heterocycles. The third kappa shape index (κ3) is 2.84. The second-order valence-corrected chi connectivity index (χ2v) is 6.87. The zero-order valence-electron chi connectivity index (χ0n) is 13.1. The van der Waals surface area contributed by atoms with Crippen LogP contribution in [0.5, 0.6) is 0 Å². The molecule has 0 saturated carbocycles. The van der Waals surface area contributed by atoms with Crippen molar-refractivity contribution in [3.63, 3.8) is 0 Å². The molecule has 24 heavy (non-hydrogen) atoms. The summed E-state index contributed by atoms with van der Waals surface area (Å²) < 4.78 is 16.7. The van der Waals surface area contributed by atoms with Gasteiger partial charge in [-0.25, -0.2) is 9.07 Å². The Hall–Kier alpha value is -2.14. The Labute approximate surface area is 148 Å². The summed E-state index contributed by atoms with van der Waals surface area (Å²) in [6, 6.07) is 14.7. The lowest BCUT2D eigenvalue weighted by Crippen LogP contribution is -2.07. The van der Waals surface area contributed by atoms with Crippen LogP contribution < -0.4 is 5.32 Å². The molecule has 5 heteroatoms. The molecule has 0 radical (unpaired) electrons. The van der Waals surface area contributed by atoms with Gasteiger partial charge in [-0.1, -0.05) is 28.1 Å². The average Bonchev–Trinajstić information content (AvgIpc) is 2.77. The van der Waals surface area contributed by atoms with E-state index in [0.29, 0.717) is 0 Å². The fraction of sp³-hybridized carbons (Fsp3) is 0.211. The van der Waals surface area contributed by atoms with E-state index < -0.39 is 0 Å². The summed E-state index contributed by atoms with van der Waals surface area (Å²) in [4.78, 5) is 0. The highest BCUT2D eigenvalue weighted by Crippen LogP contribution is 2.34. The number of hydrogen-bond donors (Lipinski definition) is 1. The quantitative estimate of drug-likeness (QED) is 0.657. The summed E-state index contributed by atoms with van der Waals surface area (Å²) >= 11 is 3.47. The fourth-order valence-corrected chi connectivity index (χ4v) is 3.40. The van der Waals surface area contributed by atoms with Gasteiger partial charge in [0.2, 0.25) is 0 Å². The maximum atomic E-state index is 13.7. The van der Waals surface area contributed by atoms with Gasteiger partial charge in [-0.05, 0) is 55.7 Å². The van der Waals surface area contributed by atoms with Crippen LogP contribution in [0.1, 0.15) is 18.4 Å². The summed E-state index contributed by atoms with van der Waals surface area (Å²) in [5.41, 5.74) is 3.85. The summed E-state index contributed by atoms with van der Waals surface area (Å²) in [7, 11) is 0. The molecule has 0 fully saturated rings. The van der Waals surface area contributed by atoms with Gasteiger partial charge in [-0.2, -0.15) is 5.10 Å². The summed E-state index contributed by atoms with van der Waals surface area (Å²) in [6.07, 6.45) is 3.18. The topological polar surface area (TPSA) is 29.9 Å². The molecule has 3 nitrogen and oxygen atoms in total. The number of rotatable bonds is 2. The van der Waals surface area contributed by atoms with Crippen LogP contribution >= 0.6 is 15.9 Å². The first kappa shape index (κ1) is 15.4. The van der Waals surface area contributed by atoms with Crippen molar-refractivity contribution in [3.8, 4) is 16.9 Å². The van der Waals surface area contributed by atoms with Crippen molar-refractivity contribution in [1.82, 2.24) is 9.78 Å². The van der Waals surface area contributed by atoms with E-state index in [1.807, 2.05) is 35.0 Å². The molecule has 0 saturated heterocycles. The lowest BCUT2D eigenvalue weighted by Gasteiger charge is -2.09. The smallest absolute Gasteiger partial charge is 0.133 e.